The van der Waals surface area contributed by atoms with Gasteiger partial charge in [0.05, 0.1) is 18.8 Å². The van der Waals surface area contributed by atoms with Gasteiger partial charge in [-0.25, -0.2) is 4.98 Å². The van der Waals surface area contributed by atoms with Gasteiger partial charge in [-0.15, -0.1) is 5.10 Å². The number of rotatable bonds is 4. The molecule has 0 amide bonds. The van der Waals surface area contributed by atoms with Crippen molar-refractivity contribution in [2.24, 2.45) is 5.73 Å². The number of fused-ring (bicyclic) bond motifs is 1. The van der Waals surface area contributed by atoms with Crippen LogP contribution in [0.4, 0.5) is 0 Å². The summed E-state index contributed by atoms with van der Waals surface area (Å²) < 4.78 is 3.99. The zero-order valence-electron chi connectivity index (χ0n) is 10.2. The Kier molecular flexibility index (Phi) is 3.07. The van der Waals surface area contributed by atoms with Crippen molar-refractivity contribution < 1.29 is 0 Å². The molecule has 18 heavy (non-hydrogen) atoms. The lowest BCUT2D eigenvalue weighted by Crippen LogP contribution is -2.33. The summed E-state index contributed by atoms with van der Waals surface area (Å²) in [6.45, 7) is 5.01. The molecule has 3 rings (SSSR count). The Morgan fingerprint density at radius 3 is 3.17 bits per heavy atom. The van der Waals surface area contributed by atoms with Crippen molar-refractivity contribution in [1.29, 1.82) is 0 Å². The maximum atomic E-state index is 5.49. The number of aromatic nitrogens is 5. The van der Waals surface area contributed by atoms with Gasteiger partial charge in [-0.3, -0.25) is 9.58 Å². The lowest BCUT2D eigenvalue weighted by Gasteiger charge is -2.26. The van der Waals surface area contributed by atoms with E-state index < -0.39 is 0 Å². The Hall–Kier alpha value is -1.73. The van der Waals surface area contributed by atoms with Gasteiger partial charge in [-0.2, -0.15) is 0 Å². The predicted molar refractivity (Wildman–Crippen MR) is 65.4 cm³/mol. The van der Waals surface area contributed by atoms with Crippen LogP contribution in [0.3, 0.4) is 0 Å². The van der Waals surface area contributed by atoms with Crippen molar-refractivity contribution in [3.63, 3.8) is 0 Å². The molecular weight excluding hydrogens is 230 g/mol. The maximum absolute atomic E-state index is 5.49. The number of hydrogen-bond acceptors (Lipinski definition) is 5. The van der Waals surface area contributed by atoms with Crippen LogP contribution in [0.2, 0.25) is 0 Å². The van der Waals surface area contributed by atoms with Crippen molar-refractivity contribution in [1.82, 2.24) is 29.4 Å². The fraction of sp³-hybridized carbons (Fsp3) is 0.545. The quantitative estimate of drug-likeness (QED) is 0.784. The van der Waals surface area contributed by atoms with E-state index in [1.165, 1.54) is 0 Å². The fourth-order valence-electron chi connectivity index (χ4n) is 2.24. The third-order valence-electron chi connectivity index (χ3n) is 3.15. The molecule has 96 valence electrons. The average Bonchev–Trinajstić information content (AvgIpc) is 2.98. The highest BCUT2D eigenvalue weighted by atomic mass is 15.4. The molecule has 0 spiro atoms. The summed E-state index contributed by atoms with van der Waals surface area (Å²) in [5.74, 6) is 1.12. The molecule has 0 fully saturated rings. The molecule has 0 atom stereocenters. The van der Waals surface area contributed by atoms with Gasteiger partial charge in [0.15, 0.2) is 0 Å². The Balaban J connectivity index is 1.63. The summed E-state index contributed by atoms with van der Waals surface area (Å²) in [4.78, 5) is 6.68. The van der Waals surface area contributed by atoms with Gasteiger partial charge in [0, 0.05) is 44.8 Å². The van der Waals surface area contributed by atoms with Crippen molar-refractivity contribution >= 4 is 0 Å². The molecule has 1 aliphatic heterocycles. The third-order valence-corrected chi connectivity index (χ3v) is 3.15. The van der Waals surface area contributed by atoms with Crippen molar-refractivity contribution in [3.8, 4) is 0 Å². The van der Waals surface area contributed by atoms with Crippen LogP contribution in [0.5, 0.6) is 0 Å². The van der Waals surface area contributed by atoms with Crippen LogP contribution in [0, 0.1) is 0 Å². The van der Waals surface area contributed by atoms with Gasteiger partial charge in [0.25, 0.3) is 0 Å². The van der Waals surface area contributed by atoms with Crippen molar-refractivity contribution in [3.05, 3.63) is 30.1 Å². The second-order valence-corrected chi connectivity index (χ2v) is 4.51. The summed E-state index contributed by atoms with van der Waals surface area (Å²) in [7, 11) is 0. The molecular formula is C11H17N7. The van der Waals surface area contributed by atoms with Crippen molar-refractivity contribution in [2.75, 3.05) is 13.1 Å². The molecule has 0 saturated carbocycles. The topological polar surface area (TPSA) is 77.8 Å². The minimum atomic E-state index is 0.587. The van der Waals surface area contributed by atoms with E-state index >= 15 is 0 Å². The third kappa shape index (κ3) is 2.27. The van der Waals surface area contributed by atoms with E-state index in [0.29, 0.717) is 6.54 Å². The highest BCUT2D eigenvalue weighted by Gasteiger charge is 2.17. The first kappa shape index (κ1) is 11.4. The molecule has 7 heteroatoms. The van der Waals surface area contributed by atoms with Crippen LogP contribution in [-0.4, -0.2) is 42.5 Å². The summed E-state index contributed by atoms with van der Waals surface area (Å²) in [5.41, 5.74) is 6.47. The first-order valence-electron chi connectivity index (χ1n) is 6.16. The van der Waals surface area contributed by atoms with E-state index in [9.17, 15) is 0 Å². The Morgan fingerprint density at radius 1 is 1.33 bits per heavy atom. The summed E-state index contributed by atoms with van der Waals surface area (Å²) in [6.07, 6.45) is 5.86. The monoisotopic (exact) mass is 247 g/mol. The number of nitrogens with two attached hydrogens (primary N) is 1. The van der Waals surface area contributed by atoms with Gasteiger partial charge in [-0.05, 0) is 0 Å². The van der Waals surface area contributed by atoms with Crippen LogP contribution in [0.1, 0.15) is 11.5 Å². The minimum absolute atomic E-state index is 0.587. The molecule has 0 saturated heterocycles. The molecule has 0 aromatic carbocycles. The number of nitrogens with zero attached hydrogens (tertiary/aromatic N) is 6. The van der Waals surface area contributed by atoms with Gasteiger partial charge in [0.1, 0.15) is 5.82 Å². The molecule has 7 nitrogen and oxygen atoms in total. The lowest BCUT2D eigenvalue weighted by molar-refractivity contribution is 0.206. The Bertz CT molecular complexity index is 515. The number of imidazole rings is 1. The zero-order chi connectivity index (χ0) is 12.4. The maximum Gasteiger partial charge on any atom is 0.122 e. The summed E-state index contributed by atoms with van der Waals surface area (Å²) in [5, 5.41) is 8.21. The van der Waals surface area contributed by atoms with Crippen LogP contribution in [-0.2, 0) is 26.2 Å². The van der Waals surface area contributed by atoms with Crippen molar-refractivity contribution in [2.45, 2.75) is 26.2 Å². The fourth-order valence-corrected chi connectivity index (χ4v) is 2.24. The highest BCUT2D eigenvalue weighted by Crippen LogP contribution is 2.12. The molecule has 0 aliphatic carbocycles. The van der Waals surface area contributed by atoms with Gasteiger partial charge < -0.3 is 10.3 Å². The lowest BCUT2D eigenvalue weighted by atomic mass is 10.3. The molecule has 0 radical (unpaired) electrons. The highest BCUT2D eigenvalue weighted by molar-refractivity contribution is 4.98. The van der Waals surface area contributed by atoms with Gasteiger partial charge in [-0.1, -0.05) is 5.21 Å². The molecule has 0 bridgehead atoms. The molecule has 1 aliphatic rings. The van der Waals surface area contributed by atoms with Crippen LogP contribution < -0.4 is 5.73 Å². The van der Waals surface area contributed by atoms with Crippen LogP contribution in [0.15, 0.2) is 18.6 Å². The normalized spacial score (nSPS) is 15.8. The average molecular weight is 247 g/mol. The standard InChI is InChI=1S/C11H17N7/c12-1-3-18-8-10(14-15-18)7-16-5-6-17-4-2-13-11(17)9-16/h2,4,8H,1,3,5-7,9,12H2. The largest absolute Gasteiger partial charge is 0.333 e. The van der Waals surface area contributed by atoms with Crippen LogP contribution >= 0.6 is 0 Å². The number of hydrogen-bond donors (Lipinski definition) is 1. The van der Waals surface area contributed by atoms with E-state index in [1.807, 2.05) is 18.6 Å². The van der Waals surface area contributed by atoms with Crippen LogP contribution in [0.25, 0.3) is 0 Å². The summed E-state index contributed by atoms with van der Waals surface area (Å²) >= 11 is 0. The molecule has 3 heterocycles. The molecule has 0 unspecified atom stereocenters. The predicted octanol–water partition coefficient (Wildman–Crippen LogP) is -0.551. The molecule has 2 aromatic rings. The first-order valence-corrected chi connectivity index (χ1v) is 6.16. The Labute approximate surface area is 105 Å². The van der Waals surface area contributed by atoms with Gasteiger partial charge >= 0.3 is 0 Å². The summed E-state index contributed by atoms with van der Waals surface area (Å²) in [6, 6.07) is 0. The SMILES string of the molecule is NCCn1cc(CN2CCn3ccnc3C2)nn1. The molecule has 2 N–H and O–H groups in total. The smallest absolute Gasteiger partial charge is 0.122 e. The van der Waals surface area contributed by atoms with E-state index in [0.717, 1.165) is 44.2 Å². The molecule has 2 aromatic heterocycles. The second kappa shape index (κ2) is 4.87. The zero-order valence-corrected chi connectivity index (χ0v) is 10.2. The second-order valence-electron chi connectivity index (χ2n) is 4.51. The van der Waals surface area contributed by atoms with E-state index in [2.05, 4.69) is 24.8 Å². The van der Waals surface area contributed by atoms with E-state index in [-0.39, 0.29) is 0 Å². The minimum Gasteiger partial charge on any atom is -0.333 e. The Morgan fingerprint density at radius 2 is 2.28 bits per heavy atom. The van der Waals surface area contributed by atoms with Gasteiger partial charge in [0.2, 0.25) is 0 Å². The van der Waals surface area contributed by atoms with E-state index in [4.69, 9.17) is 5.73 Å². The van der Waals surface area contributed by atoms with E-state index in [1.54, 1.807) is 4.68 Å². The first-order chi connectivity index (χ1) is 8.85.